The van der Waals surface area contributed by atoms with E-state index < -0.39 is 17.6 Å². The topological polar surface area (TPSA) is 83.1 Å². The molecule has 1 N–H and O–H groups in total. The standard InChI is InChI=1S/C18H16N2O3/c1-13-7-8-15(23-13)9-10-17(21)16(11-19)18(22)20-12-14-5-3-2-4-6-14/h2-10,16H,12H2,1H3,(H,20,22). The fraction of sp³-hybridized carbons (Fsp3) is 0.167. The number of hydrogen-bond acceptors (Lipinski definition) is 4. The van der Waals surface area contributed by atoms with E-state index in [9.17, 15) is 9.59 Å². The van der Waals surface area contributed by atoms with Crippen molar-refractivity contribution in [2.45, 2.75) is 13.5 Å². The molecule has 2 rings (SSSR count). The molecule has 1 atom stereocenters. The molecule has 2 aromatic rings. The van der Waals surface area contributed by atoms with Crippen LogP contribution in [-0.4, -0.2) is 11.7 Å². The molecule has 0 spiro atoms. The van der Waals surface area contributed by atoms with E-state index in [-0.39, 0.29) is 6.54 Å². The molecular weight excluding hydrogens is 292 g/mol. The summed E-state index contributed by atoms with van der Waals surface area (Å²) in [4.78, 5) is 24.0. The second-order valence-corrected chi connectivity index (χ2v) is 4.95. The molecule has 0 bridgehead atoms. The third kappa shape index (κ3) is 4.68. The number of ketones is 1. The number of nitriles is 1. The molecule has 1 unspecified atom stereocenters. The van der Waals surface area contributed by atoms with Crippen LogP contribution in [0.1, 0.15) is 17.1 Å². The first-order chi connectivity index (χ1) is 11.1. The van der Waals surface area contributed by atoms with E-state index >= 15 is 0 Å². The molecule has 1 amide bonds. The van der Waals surface area contributed by atoms with Gasteiger partial charge < -0.3 is 9.73 Å². The number of amides is 1. The van der Waals surface area contributed by atoms with E-state index in [4.69, 9.17) is 9.68 Å². The Morgan fingerprint density at radius 1 is 1.26 bits per heavy atom. The summed E-state index contributed by atoms with van der Waals surface area (Å²) in [7, 11) is 0. The molecule has 5 heteroatoms. The maximum Gasteiger partial charge on any atom is 0.245 e. The fourth-order valence-electron chi connectivity index (χ4n) is 1.94. The quantitative estimate of drug-likeness (QED) is 0.657. The van der Waals surface area contributed by atoms with E-state index in [1.165, 1.54) is 12.2 Å². The number of furan rings is 1. The minimum atomic E-state index is -1.37. The molecule has 0 aliphatic rings. The first kappa shape index (κ1) is 16.2. The van der Waals surface area contributed by atoms with Gasteiger partial charge in [-0.15, -0.1) is 0 Å². The lowest BCUT2D eigenvalue weighted by molar-refractivity contribution is -0.129. The number of carbonyl (C=O) groups is 2. The van der Waals surface area contributed by atoms with Crippen molar-refractivity contribution in [1.29, 1.82) is 5.26 Å². The zero-order valence-electron chi connectivity index (χ0n) is 12.7. The first-order valence-corrected chi connectivity index (χ1v) is 7.10. The maximum atomic E-state index is 12.0. The van der Waals surface area contributed by atoms with Gasteiger partial charge in [0.15, 0.2) is 11.7 Å². The average molecular weight is 308 g/mol. The SMILES string of the molecule is Cc1ccc(C=CC(=O)C(C#N)C(=O)NCc2ccccc2)o1. The third-order valence-corrected chi connectivity index (χ3v) is 3.16. The number of carbonyl (C=O) groups excluding carboxylic acids is 2. The number of nitrogens with zero attached hydrogens (tertiary/aromatic N) is 1. The summed E-state index contributed by atoms with van der Waals surface area (Å²) in [5, 5.41) is 11.7. The van der Waals surface area contributed by atoms with Crippen LogP contribution in [0.2, 0.25) is 0 Å². The van der Waals surface area contributed by atoms with Crippen molar-refractivity contribution in [3.63, 3.8) is 0 Å². The van der Waals surface area contributed by atoms with Gasteiger partial charge in [0.1, 0.15) is 11.5 Å². The second-order valence-electron chi connectivity index (χ2n) is 4.95. The zero-order chi connectivity index (χ0) is 16.7. The van der Waals surface area contributed by atoms with Crippen LogP contribution in [-0.2, 0) is 16.1 Å². The van der Waals surface area contributed by atoms with Gasteiger partial charge in [-0.05, 0) is 36.8 Å². The second kappa shape index (κ2) is 7.76. The molecular formula is C18H16N2O3. The molecule has 1 aromatic carbocycles. The van der Waals surface area contributed by atoms with Crippen LogP contribution in [0.5, 0.6) is 0 Å². The van der Waals surface area contributed by atoms with Crippen LogP contribution >= 0.6 is 0 Å². The summed E-state index contributed by atoms with van der Waals surface area (Å²) < 4.78 is 5.29. The van der Waals surface area contributed by atoms with E-state index in [0.717, 1.165) is 11.3 Å². The number of benzene rings is 1. The Morgan fingerprint density at radius 2 is 2.00 bits per heavy atom. The summed E-state index contributed by atoms with van der Waals surface area (Å²) in [5.74, 6) is -1.34. The summed E-state index contributed by atoms with van der Waals surface area (Å²) in [5.41, 5.74) is 0.895. The Kier molecular flexibility index (Phi) is 5.48. The third-order valence-electron chi connectivity index (χ3n) is 3.16. The Hall–Kier alpha value is -3.13. The zero-order valence-corrected chi connectivity index (χ0v) is 12.7. The van der Waals surface area contributed by atoms with Gasteiger partial charge in [-0.3, -0.25) is 9.59 Å². The molecule has 5 nitrogen and oxygen atoms in total. The van der Waals surface area contributed by atoms with Gasteiger partial charge in [-0.1, -0.05) is 30.3 Å². The minimum absolute atomic E-state index is 0.270. The van der Waals surface area contributed by atoms with Crippen LogP contribution in [0.4, 0.5) is 0 Å². The minimum Gasteiger partial charge on any atom is -0.462 e. The monoisotopic (exact) mass is 308 g/mol. The highest BCUT2D eigenvalue weighted by Crippen LogP contribution is 2.09. The van der Waals surface area contributed by atoms with Gasteiger partial charge >= 0.3 is 0 Å². The smallest absolute Gasteiger partial charge is 0.245 e. The number of hydrogen-bond donors (Lipinski definition) is 1. The maximum absolute atomic E-state index is 12.0. The van der Waals surface area contributed by atoms with Crippen molar-refractivity contribution >= 4 is 17.8 Å². The largest absolute Gasteiger partial charge is 0.462 e. The number of rotatable bonds is 6. The van der Waals surface area contributed by atoms with Gasteiger partial charge in [0.2, 0.25) is 5.91 Å². The van der Waals surface area contributed by atoms with Crippen LogP contribution in [0.25, 0.3) is 6.08 Å². The summed E-state index contributed by atoms with van der Waals surface area (Å²) >= 11 is 0. The van der Waals surface area contributed by atoms with E-state index in [1.54, 1.807) is 25.1 Å². The Labute approximate surface area is 134 Å². The summed E-state index contributed by atoms with van der Waals surface area (Å²) in [6.07, 6.45) is 2.64. The van der Waals surface area contributed by atoms with Crippen molar-refractivity contribution in [2.24, 2.45) is 5.92 Å². The van der Waals surface area contributed by atoms with Crippen LogP contribution in [0.3, 0.4) is 0 Å². The van der Waals surface area contributed by atoms with E-state index in [1.807, 2.05) is 30.3 Å². The lowest BCUT2D eigenvalue weighted by Crippen LogP contribution is -2.33. The van der Waals surface area contributed by atoms with Crippen LogP contribution < -0.4 is 5.32 Å². The predicted octanol–water partition coefficient (Wildman–Crippen LogP) is 2.63. The van der Waals surface area contributed by atoms with E-state index in [0.29, 0.717) is 5.76 Å². The molecule has 116 valence electrons. The lowest BCUT2D eigenvalue weighted by atomic mass is 10.0. The number of allylic oxidation sites excluding steroid dienone is 1. The highest BCUT2D eigenvalue weighted by atomic mass is 16.3. The molecule has 0 saturated heterocycles. The number of nitrogens with one attached hydrogen (secondary N) is 1. The number of aryl methyl sites for hydroxylation is 1. The lowest BCUT2D eigenvalue weighted by Gasteiger charge is -2.07. The van der Waals surface area contributed by atoms with Gasteiger partial charge in [0.05, 0.1) is 6.07 Å². The van der Waals surface area contributed by atoms with Crippen LogP contribution in [0.15, 0.2) is 53.0 Å². The molecule has 0 saturated carbocycles. The molecule has 0 radical (unpaired) electrons. The summed E-state index contributed by atoms with van der Waals surface area (Å²) in [6.45, 7) is 2.06. The molecule has 0 fully saturated rings. The van der Waals surface area contributed by atoms with Crippen molar-refractivity contribution < 1.29 is 14.0 Å². The Balaban J connectivity index is 1.95. The Morgan fingerprint density at radius 3 is 2.61 bits per heavy atom. The van der Waals surface area contributed by atoms with Crippen molar-refractivity contribution in [1.82, 2.24) is 5.32 Å². The van der Waals surface area contributed by atoms with Crippen LogP contribution in [0, 0.1) is 24.2 Å². The highest BCUT2D eigenvalue weighted by Gasteiger charge is 2.24. The van der Waals surface area contributed by atoms with Gasteiger partial charge in [-0.25, -0.2) is 0 Å². The highest BCUT2D eigenvalue weighted by molar-refractivity contribution is 6.10. The molecule has 0 aliphatic heterocycles. The normalized spacial score (nSPS) is 11.8. The molecule has 1 aromatic heterocycles. The van der Waals surface area contributed by atoms with Crippen molar-refractivity contribution in [3.05, 3.63) is 65.6 Å². The average Bonchev–Trinajstić information content (AvgIpc) is 2.98. The molecule has 0 aliphatic carbocycles. The molecule has 23 heavy (non-hydrogen) atoms. The summed E-state index contributed by atoms with van der Waals surface area (Å²) in [6, 6.07) is 14.5. The fourth-order valence-corrected chi connectivity index (χ4v) is 1.94. The van der Waals surface area contributed by atoms with Gasteiger partial charge in [0, 0.05) is 6.54 Å². The Bertz CT molecular complexity index is 754. The van der Waals surface area contributed by atoms with Gasteiger partial charge in [0.25, 0.3) is 0 Å². The van der Waals surface area contributed by atoms with Crippen molar-refractivity contribution in [2.75, 3.05) is 0 Å². The van der Waals surface area contributed by atoms with Gasteiger partial charge in [-0.2, -0.15) is 5.26 Å². The van der Waals surface area contributed by atoms with Crippen molar-refractivity contribution in [3.8, 4) is 6.07 Å². The predicted molar refractivity (Wildman–Crippen MR) is 84.9 cm³/mol. The first-order valence-electron chi connectivity index (χ1n) is 7.10. The van der Waals surface area contributed by atoms with E-state index in [2.05, 4.69) is 5.32 Å². The molecule has 1 heterocycles.